The zero-order valence-corrected chi connectivity index (χ0v) is 12.6. The van der Waals surface area contributed by atoms with Gasteiger partial charge in [-0.15, -0.1) is 0 Å². The zero-order chi connectivity index (χ0) is 13.9. The van der Waals surface area contributed by atoms with Gasteiger partial charge < -0.3 is 5.11 Å². The predicted octanol–water partition coefficient (Wildman–Crippen LogP) is 3.39. The highest BCUT2D eigenvalue weighted by atomic mass is 16.4. The van der Waals surface area contributed by atoms with E-state index < -0.39 is 5.97 Å². The van der Waals surface area contributed by atoms with Crippen LogP contribution in [-0.4, -0.2) is 34.6 Å². The van der Waals surface area contributed by atoms with Crippen LogP contribution in [0.3, 0.4) is 0 Å². The van der Waals surface area contributed by atoms with Crippen molar-refractivity contribution in [1.82, 2.24) is 4.90 Å². The monoisotopic (exact) mass is 255 g/mol. The molecule has 0 aromatic rings. The average molecular weight is 255 g/mol. The van der Waals surface area contributed by atoms with Crippen LogP contribution in [0.25, 0.3) is 0 Å². The molecule has 1 aliphatic carbocycles. The van der Waals surface area contributed by atoms with Gasteiger partial charge >= 0.3 is 5.97 Å². The maximum atomic E-state index is 10.9. The lowest BCUT2D eigenvalue weighted by Crippen LogP contribution is -2.46. The molecule has 0 radical (unpaired) electrons. The van der Waals surface area contributed by atoms with Crippen LogP contribution < -0.4 is 0 Å². The van der Waals surface area contributed by atoms with Crippen LogP contribution >= 0.6 is 0 Å². The Kier molecular flexibility index (Phi) is 5.20. The van der Waals surface area contributed by atoms with Gasteiger partial charge in [-0.05, 0) is 50.9 Å². The fourth-order valence-electron chi connectivity index (χ4n) is 3.16. The SMILES string of the molecule is CC(C)N(CC(=O)O)C1CCC(C(C)(C)C)CC1. The number of rotatable bonds is 4. The topological polar surface area (TPSA) is 40.5 Å². The number of aliphatic carboxylic acids is 1. The van der Waals surface area contributed by atoms with E-state index in [2.05, 4.69) is 39.5 Å². The number of hydrogen-bond donors (Lipinski definition) is 1. The number of hydrogen-bond acceptors (Lipinski definition) is 2. The molecular formula is C15H29NO2. The van der Waals surface area contributed by atoms with Gasteiger partial charge in [-0.1, -0.05) is 20.8 Å². The molecule has 1 saturated carbocycles. The van der Waals surface area contributed by atoms with E-state index >= 15 is 0 Å². The van der Waals surface area contributed by atoms with Gasteiger partial charge in [0.1, 0.15) is 0 Å². The molecule has 0 spiro atoms. The van der Waals surface area contributed by atoms with Crippen molar-refractivity contribution in [2.24, 2.45) is 11.3 Å². The highest BCUT2D eigenvalue weighted by Gasteiger charge is 2.33. The number of carbonyl (C=O) groups is 1. The van der Waals surface area contributed by atoms with Crippen LogP contribution in [-0.2, 0) is 4.79 Å². The van der Waals surface area contributed by atoms with Gasteiger partial charge in [0.25, 0.3) is 0 Å². The molecule has 1 rings (SSSR count). The van der Waals surface area contributed by atoms with Crippen molar-refractivity contribution in [2.75, 3.05) is 6.54 Å². The summed E-state index contributed by atoms with van der Waals surface area (Å²) >= 11 is 0. The average Bonchev–Trinajstić information content (AvgIpc) is 2.24. The third kappa shape index (κ3) is 4.27. The second-order valence-corrected chi connectivity index (χ2v) is 7.03. The van der Waals surface area contributed by atoms with Gasteiger partial charge in [-0.2, -0.15) is 0 Å². The van der Waals surface area contributed by atoms with Crippen LogP contribution in [0.4, 0.5) is 0 Å². The minimum absolute atomic E-state index is 0.183. The van der Waals surface area contributed by atoms with Crippen LogP contribution in [0.15, 0.2) is 0 Å². The van der Waals surface area contributed by atoms with Gasteiger partial charge in [-0.3, -0.25) is 9.69 Å². The standard InChI is InChI=1S/C15H29NO2/c1-11(2)16(10-14(17)18)13-8-6-12(7-9-13)15(3,4)5/h11-13H,6-10H2,1-5H3,(H,17,18). The zero-order valence-electron chi connectivity index (χ0n) is 12.6. The molecule has 1 N–H and O–H groups in total. The molecule has 0 unspecified atom stereocenters. The molecule has 0 atom stereocenters. The first kappa shape index (κ1) is 15.5. The Balaban J connectivity index is 2.56. The molecule has 0 aromatic carbocycles. The maximum Gasteiger partial charge on any atom is 0.317 e. The van der Waals surface area contributed by atoms with Crippen molar-refractivity contribution in [3.8, 4) is 0 Å². The van der Waals surface area contributed by atoms with E-state index in [9.17, 15) is 4.79 Å². The smallest absolute Gasteiger partial charge is 0.317 e. The minimum atomic E-state index is -0.707. The van der Waals surface area contributed by atoms with Gasteiger partial charge in [0.05, 0.1) is 6.54 Å². The third-order valence-corrected chi connectivity index (χ3v) is 4.37. The van der Waals surface area contributed by atoms with E-state index in [0.29, 0.717) is 17.5 Å². The van der Waals surface area contributed by atoms with E-state index in [1.165, 1.54) is 12.8 Å². The molecule has 1 aliphatic rings. The van der Waals surface area contributed by atoms with E-state index in [1.807, 2.05) is 0 Å². The molecule has 3 heteroatoms. The predicted molar refractivity (Wildman–Crippen MR) is 74.7 cm³/mol. The molecular weight excluding hydrogens is 226 g/mol. The first-order valence-corrected chi connectivity index (χ1v) is 7.19. The Morgan fingerprint density at radius 2 is 1.72 bits per heavy atom. The first-order chi connectivity index (χ1) is 8.21. The van der Waals surface area contributed by atoms with E-state index in [4.69, 9.17) is 5.11 Å². The summed E-state index contributed by atoms with van der Waals surface area (Å²) in [6.07, 6.45) is 4.76. The summed E-state index contributed by atoms with van der Waals surface area (Å²) in [5.74, 6) is 0.0780. The largest absolute Gasteiger partial charge is 0.480 e. The summed E-state index contributed by atoms with van der Waals surface area (Å²) in [4.78, 5) is 13.1. The van der Waals surface area contributed by atoms with Crippen LogP contribution in [0.5, 0.6) is 0 Å². The van der Waals surface area contributed by atoms with Gasteiger partial charge in [0.2, 0.25) is 0 Å². The van der Waals surface area contributed by atoms with Crippen LogP contribution in [0.2, 0.25) is 0 Å². The van der Waals surface area contributed by atoms with Gasteiger partial charge in [-0.25, -0.2) is 0 Å². The molecule has 3 nitrogen and oxygen atoms in total. The summed E-state index contributed by atoms with van der Waals surface area (Å²) < 4.78 is 0. The minimum Gasteiger partial charge on any atom is -0.480 e. The highest BCUT2D eigenvalue weighted by Crippen LogP contribution is 2.39. The summed E-state index contributed by atoms with van der Waals surface area (Å²) in [6, 6.07) is 0.775. The lowest BCUT2D eigenvalue weighted by atomic mass is 9.71. The first-order valence-electron chi connectivity index (χ1n) is 7.19. The normalized spacial score (nSPS) is 25.7. The highest BCUT2D eigenvalue weighted by molar-refractivity contribution is 5.69. The van der Waals surface area contributed by atoms with Crippen molar-refractivity contribution in [1.29, 1.82) is 0 Å². The summed E-state index contributed by atoms with van der Waals surface area (Å²) in [6.45, 7) is 11.3. The Bertz CT molecular complexity index is 273. The molecule has 1 fully saturated rings. The fourth-order valence-corrected chi connectivity index (χ4v) is 3.16. The van der Waals surface area contributed by atoms with Crippen LogP contribution in [0, 0.1) is 11.3 Å². The summed E-state index contributed by atoms with van der Waals surface area (Å²) in [5, 5.41) is 9.00. The van der Waals surface area contributed by atoms with Crippen molar-refractivity contribution in [3.05, 3.63) is 0 Å². The summed E-state index contributed by atoms with van der Waals surface area (Å²) in [7, 11) is 0. The molecule has 0 aromatic heterocycles. The maximum absolute atomic E-state index is 10.9. The fraction of sp³-hybridized carbons (Fsp3) is 0.933. The second kappa shape index (κ2) is 6.05. The molecule has 0 aliphatic heterocycles. The number of nitrogens with zero attached hydrogens (tertiary/aromatic N) is 1. The Morgan fingerprint density at radius 3 is 2.06 bits per heavy atom. The molecule has 0 heterocycles. The van der Waals surface area contributed by atoms with Gasteiger partial charge in [0.15, 0.2) is 0 Å². The van der Waals surface area contributed by atoms with Gasteiger partial charge in [0, 0.05) is 12.1 Å². The lowest BCUT2D eigenvalue weighted by molar-refractivity contribution is -0.139. The Morgan fingerprint density at radius 1 is 1.22 bits per heavy atom. The van der Waals surface area contributed by atoms with E-state index in [1.54, 1.807) is 0 Å². The molecule has 0 amide bonds. The van der Waals surface area contributed by atoms with Crippen molar-refractivity contribution >= 4 is 5.97 Å². The third-order valence-electron chi connectivity index (χ3n) is 4.37. The second-order valence-electron chi connectivity index (χ2n) is 7.03. The number of carboxylic acid groups (broad SMARTS) is 1. The van der Waals surface area contributed by atoms with E-state index in [-0.39, 0.29) is 6.54 Å². The van der Waals surface area contributed by atoms with Crippen molar-refractivity contribution in [2.45, 2.75) is 72.4 Å². The van der Waals surface area contributed by atoms with Crippen molar-refractivity contribution < 1.29 is 9.90 Å². The molecule has 0 saturated heterocycles. The Hall–Kier alpha value is -0.570. The number of carboxylic acids is 1. The molecule has 106 valence electrons. The van der Waals surface area contributed by atoms with Crippen LogP contribution in [0.1, 0.15) is 60.3 Å². The van der Waals surface area contributed by atoms with E-state index in [0.717, 1.165) is 18.8 Å². The molecule has 18 heavy (non-hydrogen) atoms. The van der Waals surface area contributed by atoms with Crippen molar-refractivity contribution in [3.63, 3.8) is 0 Å². The Labute approximate surface area is 112 Å². The summed E-state index contributed by atoms with van der Waals surface area (Å²) in [5.41, 5.74) is 0.389. The lowest BCUT2D eigenvalue weighted by Gasteiger charge is -2.42. The quantitative estimate of drug-likeness (QED) is 0.837. The molecule has 0 bridgehead atoms.